The van der Waals surface area contributed by atoms with Gasteiger partial charge in [-0.1, -0.05) is 26.0 Å². The van der Waals surface area contributed by atoms with Crippen LogP contribution in [0.2, 0.25) is 0 Å². The molecule has 0 spiro atoms. The summed E-state index contributed by atoms with van der Waals surface area (Å²) >= 11 is 3.51. The molecule has 1 rings (SSSR count). The molecule has 0 aliphatic heterocycles. The SMILES string of the molecule is CC(C)CCCNc1ccccc1Br. The van der Waals surface area contributed by atoms with Gasteiger partial charge in [0.25, 0.3) is 0 Å². The molecule has 0 atom stereocenters. The molecule has 0 fully saturated rings. The molecule has 0 amide bonds. The van der Waals surface area contributed by atoms with Gasteiger partial charge >= 0.3 is 0 Å². The van der Waals surface area contributed by atoms with Crippen molar-refractivity contribution < 1.29 is 0 Å². The topological polar surface area (TPSA) is 12.0 Å². The van der Waals surface area contributed by atoms with Crippen LogP contribution in [0.3, 0.4) is 0 Å². The van der Waals surface area contributed by atoms with Crippen molar-refractivity contribution in [2.45, 2.75) is 26.7 Å². The molecule has 14 heavy (non-hydrogen) atoms. The van der Waals surface area contributed by atoms with E-state index in [9.17, 15) is 0 Å². The summed E-state index contributed by atoms with van der Waals surface area (Å²) in [4.78, 5) is 0. The first-order valence-electron chi connectivity index (χ1n) is 5.18. The van der Waals surface area contributed by atoms with Crippen LogP contribution in [0.25, 0.3) is 0 Å². The van der Waals surface area contributed by atoms with Crippen molar-refractivity contribution >= 4 is 21.6 Å². The van der Waals surface area contributed by atoms with Crippen molar-refractivity contribution in [3.8, 4) is 0 Å². The van der Waals surface area contributed by atoms with Crippen molar-refractivity contribution in [2.75, 3.05) is 11.9 Å². The van der Waals surface area contributed by atoms with Crippen LogP contribution in [0.4, 0.5) is 5.69 Å². The molecule has 0 saturated carbocycles. The Labute approximate surface area is 95.0 Å². The van der Waals surface area contributed by atoms with Crippen molar-refractivity contribution in [1.82, 2.24) is 0 Å². The Kier molecular flexibility index (Phi) is 5.02. The number of para-hydroxylation sites is 1. The third kappa shape index (κ3) is 4.14. The quantitative estimate of drug-likeness (QED) is 0.774. The lowest BCUT2D eigenvalue weighted by Crippen LogP contribution is -2.03. The smallest absolute Gasteiger partial charge is 0.0484 e. The monoisotopic (exact) mass is 255 g/mol. The molecule has 0 aromatic heterocycles. The van der Waals surface area contributed by atoms with E-state index in [0.717, 1.165) is 16.9 Å². The Hall–Kier alpha value is -0.500. The number of hydrogen-bond donors (Lipinski definition) is 1. The lowest BCUT2D eigenvalue weighted by atomic mass is 10.1. The summed E-state index contributed by atoms with van der Waals surface area (Å²) < 4.78 is 1.14. The normalized spacial score (nSPS) is 10.6. The predicted molar refractivity (Wildman–Crippen MR) is 66.7 cm³/mol. The largest absolute Gasteiger partial charge is 0.384 e. The fourth-order valence-electron chi connectivity index (χ4n) is 1.34. The minimum atomic E-state index is 0.802. The van der Waals surface area contributed by atoms with Gasteiger partial charge < -0.3 is 5.32 Å². The third-order valence-corrected chi connectivity index (χ3v) is 2.84. The van der Waals surface area contributed by atoms with Gasteiger partial charge in [0.05, 0.1) is 0 Å². The van der Waals surface area contributed by atoms with Crippen LogP contribution in [-0.2, 0) is 0 Å². The molecule has 0 heterocycles. The van der Waals surface area contributed by atoms with E-state index in [1.165, 1.54) is 18.5 Å². The molecule has 2 heteroatoms. The lowest BCUT2D eigenvalue weighted by Gasteiger charge is -2.09. The van der Waals surface area contributed by atoms with E-state index in [0.29, 0.717) is 0 Å². The summed E-state index contributed by atoms with van der Waals surface area (Å²) in [6.07, 6.45) is 2.52. The van der Waals surface area contributed by atoms with Gasteiger partial charge in [-0.3, -0.25) is 0 Å². The zero-order valence-electron chi connectivity index (χ0n) is 8.89. The van der Waals surface area contributed by atoms with Gasteiger partial charge in [-0.15, -0.1) is 0 Å². The van der Waals surface area contributed by atoms with Crippen molar-refractivity contribution in [3.63, 3.8) is 0 Å². The fraction of sp³-hybridized carbons (Fsp3) is 0.500. The molecule has 1 N–H and O–H groups in total. The van der Waals surface area contributed by atoms with Crippen LogP contribution in [0.15, 0.2) is 28.7 Å². The van der Waals surface area contributed by atoms with Gasteiger partial charge in [0, 0.05) is 16.7 Å². The first kappa shape index (κ1) is 11.6. The van der Waals surface area contributed by atoms with Crippen LogP contribution in [-0.4, -0.2) is 6.54 Å². The zero-order chi connectivity index (χ0) is 10.4. The Balaban J connectivity index is 2.28. The molecular weight excluding hydrogens is 238 g/mol. The van der Waals surface area contributed by atoms with Crippen LogP contribution < -0.4 is 5.32 Å². The molecule has 0 bridgehead atoms. The van der Waals surface area contributed by atoms with E-state index in [2.05, 4.69) is 53.3 Å². The van der Waals surface area contributed by atoms with Gasteiger partial charge in [0.2, 0.25) is 0 Å². The maximum absolute atomic E-state index is 3.51. The molecule has 1 aromatic rings. The molecule has 0 aliphatic carbocycles. The molecule has 0 saturated heterocycles. The second-order valence-electron chi connectivity index (χ2n) is 3.94. The third-order valence-electron chi connectivity index (χ3n) is 2.15. The molecular formula is C12H18BrN. The first-order valence-corrected chi connectivity index (χ1v) is 5.98. The standard InChI is InChI=1S/C12H18BrN/c1-10(2)6-5-9-14-12-8-4-3-7-11(12)13/h3-4,7-8,10,14H,5-6,9H2,1-2H3. The van der Waals surface area contributed by atoms with Gasteiger partial charge in [0.15, 0.2) is 0 Å². The molecule has 1 aromatic carbocycles. The highest BCUT2D eigenvalue weighted by Crippen LogP contribution is 2.21. The molecule has 0 aliphatic rings. The van der Waals surface area contributed by atoms with Gasteiger partial charge in [-0.2, -0.15) is 0 Å². The summed E-state index contributed by atoms with van der Waals surface area (Å²) in [5.41, 5.74) is 1.19. The summed E-state index contributed by atoms with van der Waals surface area (Å²) in [6, 6.07) is 8.24. The van der Waals surface area contributed by atoms with Crippen molar-refractivity contribution in [2.24, 2.45) is 5.92 Å². The summed E-state index contributed by atoms with van der Waals surface area (Å²) in [5.74, 6) is 0.802. The number of rotatable bonds is 5. The highest BCUT2D eigenvalue weighted by molar-refractivity contribution is 9.10. The first-order chi connectivity index (χ1) is 6.70. The maximum Gasteiger partial charge on any atom is 0.0484 e. The van der Waals surface area contributed by atoms with Crippen LogP contribution in [0, 0.1) is 5.92 Å². The highest BCUT2D eigenvalue weighted by Gasteiger charge is 1.97. The van der Waals surface area contributed by atoms with Crippen molar-refractivity contribution in [1.29, 1.82) is 0 Å². The lowest BCUT2D eigenvalue weighted by molar-refractivity contribution is 0.567. The van der Waals surface area contributed by atoms with E-state index in [-0.39, 0.29) is 0 Å². The van der Waals surface area contributed by atoms with Crippen LogP contribution in [0.5, 0.6) is 0 Å². The maximum atomic E-state index is 3.51. The van der Waals surface area contributed by atoms with Gasteiger partial charge in [-0.25, -0.2) is 0 Å². The van der Waals surface area contributed by atoms with E-state index in [1.54, 1.807) is 0 Å². The van der Waals surface area contributed by atoms with Crippen LogP contribution >= 0.6 is 15.9 Å². The zero-order valence-corrected chi connectivity index (χ0v) is 10.5. The number of benzene rings is 1. The molecule has 0 radical (unpaired) electrons. The summed E-state index contributed by atoms with van der Waals surface area (Å²) in [6.45, 7) is 5.58. The predicted octanol–water partition coefficient (Wildman–Crippen LogP) is 4.30. The van der Waals surface area contributed by atoms with Gasteiger partial charge in [-0.05, 0) is 46.8 Å². The number of halogens is 1. The van der Waals surface area contributed by atoms with Gasteiger partial charge in [0.1, 0.15) is 0 Å². The Morgan fingerprint density at radius 3 is 2.64 bits per heavy atom. The average Bonchev–Trinajstić information content (AvgIpc) is 2.15. The fourth-order valence-corrected chi connectivity index (χ4v) is 1.76. The van der Waals surface area contributed by atoms with Crippen molar-refractivity contribution in [3.05, 3.63) is 28.7 Å². The Bertz CT molecular complexity index is 271. The average molecular weight is 256 g/mol. The summed E-state index contributed by atoms with van der Waals surface area (Å²) in [7, 11) is 0. The molecule has 0 unspecified atom stereocenters. The van der Waals surface area contributed by atoms with E-state index < -0.39 is 0 Å². The Morgan fingerprint density at radius 2 is 2.00 bits per heavy atom. The summed E-state index contributed by atoms with van der Waals surface area (Å²) in [5, 5.41) is 3.42. The Morgan fingerprint density at radius 1 is 1.29 bits per heavy atom. The van der Waals surface area contributed by atoms with E-state index in [1.807, 2.05) is 6.07 Å². The van der Waals surface area contributed by atoms with E-state index >= 15 is 0 Å². The number of nitrogens with one attached hydrogen (secondary N) is 1. The number of hydrogen-bond acceptors (Lipinski definition) is 1. The minimum absolute atomic E-state index is 0.802. The molecule has 1 nitrogen and oxygen atoms in total. The minimum Gasteiger partial charge on any atom is -0.384 e. The highest BCUT2D eigenvalue weighted by atomic mass is 79.9. The van der Waals surface area contributed by atoms with E-state index in [4.69, 9.17) is 0 Å². The second-order valence-corrected chi connectivity index (χ2v) is 4.80. The second kappa shape index (κ2) is 6.07. The molecule has 78 valence electrons. The van der Waals surface area contributed by atoms with Crippen LogP contribution in [0.1, 0.15) is 26.7 Å². The number of anilines is 1.